The smallest absolute Gasteiger partial charge is 0.0499 e. The first-order valence-corrected chi connectivity index (χ1v) is 6.82. The predicted octanol–water partition coefficient (Wildman–Crippen LogP) is 2.82. The van der Waals surface area contributed by atoms with E-state index in [9.17, 15) is 5.11 Å². The van der Waals surface area contributed by atoms with Crippen molar-refractivity contribution in [1.82, 2.24) is 4.90 Å². The summed E-state index contributed by atoms with van der Waals surface area (Å²) >= 11 is 0. The summed E-state index contributed by atoms with van der Waals surface area (Å²) in [6, 6.07) is 4.58. The molecule has 1 aromatic carbocycles. The molecule has 0 aliphatic heterocycles. The molecule has 0 saturated heterocycles. The molecule has 0 heterocycles. The molecule has 0 atom stereocenters. The molecule has 2 rings (SSSR count). The molecule has 0 spiro atoms. The van der Waals surface area contributed by atoms with Gasteiger partial charge < -0.3 is 10.0 Å². The Labute approximate surface area is 111 Å². The van der Waals surface area contributed by atoms with Crippen LogP contribution >= 0.6 is 0 Å². The topological polar surface area (TPSA) is 23.5 Å². The van der Waals surface area contributed by atoms with E-state index in [-0.39, 0.29) is 5.41 Å². The highest BCUT2D eigenvalue weighted by Crippen LogP contribution is 2.45. The van der Waals surface area contributed by atoms with Gasteiger partial charge in [0, 0.05) is 25.1 Å². The lowest BCUT2D eigenvalue weighted by Crippen LogP contribution is -2.28. The van der Waals surface area contributed by atoms with E-state index in [1.54, 1.807) is 0 Å². The van der Waals surface area contributed by atoms with Gasteiger partial charge in [-0.25, -0.2) is 0 Å². The van der Waals surface area contributed by atoms with Crippen molar-refractivity contribution in [2.75, 3.05) is 20.2 Å². The third-order valence-corrected chi connectivity index (χ3v) is 4.29. The molecule has 100 valence electrons. The van der Waals surface area contributed by atoms with E-state index >= 15 is 0 Å². The minimum atomic E-state index is 0.211. The van der Waals surface area contributed by atoms with Crippen LogP contribution in [0.3, 0.4) is 0 Å². The summed E-state index contributed by atoms with van der Waals surface area (Å²) in [5.74, 6) is 0. The van der Waals surface area contributed by atoms with Crippen LogP contribution in [0.1, 0.15) is 35.1 Å². The summed E-state index contributed by atoms with van der Waals surface area (Å²) in [4.78, 5) is 2.35. The predicted molar refractivity (Wildman–Crippen MR) is 75.7 cm³/mol. The summed E-state index contributed by atoms with van der Waals surface area (Å²) in [6.45, 7) is 8.86. The maximum atomic E-state index is 9.38. The average Bonchev–Trinajstić information content (AvgIpc) is 3.06. The van der Waals surface area contributed by atoms with Crippen molar-refractivity contribution in [1.29, 1.82) is 0 Å². The van der Waals surface area contributed by atoms with Gasteiger partial charge in [0.05, 0.1) is 0 Å². The Morgan fingerprint density at radius 2 is 1.72 bits per heavy atom. The first kappa shape index (κ1) is 13.6. The molecule has 1 aliphatic rings. The highest BCUT2D eigenvalue weighted by Gasteiger charge is 2.42. The summed E-state index contributed by atoms with van der Waals surface area (Å²) in [7, 11) is 2.16. The molecule has 1 N–H and O–H groups in total. The molecule has 0 aromatic heterocycles. The molecule has 2 heteroatoms. The van der Waals surface area contributed by atoms with Crippen molar-refractivity contribution in [2.45, 2.75) is 40.2 Å². The van der Waals surface area contributed by atoms with Crippen LogP contribution in [0.4, 0.5) is 0 Å². The Bertz CT molecular complexity index is 435. The van der Waals surface area contributed by atoms with Gasteiger partial charge in [-0.15, -0.1) is 0 Å². The van der Waals surface area contributed by atoms with Gasteiger partial charge in [-0.1, -0.05) is 12.1 Å². The van der Waals surface area contributed by atoms with Crippen LogP contribution in [-0.4, -0.2) is 30.2 Å². The van der Waals surface area contributed by atoms with E-state index in [0.29, 0.717) is 6.61 Å². The van der Waals surface area contributed by atoms with E-state index in [0.717, 1.165) is 13.1 Å². The SMILES string of the molecule is Cc1cc(C)c(CN(C)CC2(CO)CC2)cc1C. The largest absolute Gasteiger partial charge is 0.396 e. The minimum Gasteiger partial charge on any atom is -0.396 e. The number of aliphatic hydroxyl groups excluding tert-OH is 1. The number of aryl methyl sites for hydroxylation is 3. The highest BCUT2D eigenvalue weighted by molar-refractivity contribution is 5.36. The van der Waals surface area contributed by atoms with Gasteiger partial charge in [0.2, 0.25) is 0 Å². The third kappa shape index (κ3) is 2.93. The van der Waals surface area contributed by atoms with Crippen LogP contribution in [0, 0.1) is 26.2 Å². The van der Waals surface area contributed by atoms with E-state index in [2.05, 4.69) is 44.9 Å². The molecule has 0 amide bonds. The van der Waals surface area contributed by atoms with Crippen molar-refractivity contribution in [3.05, 3.63) is 34.4 Å². The molecular weight excluding hydrogens is 222 g/mol. The lowest BCUT2D eigenvalue weighted by atomic mass is 10.00. The van der Waals surface area contributed by atoms with Gasteiger partial charge in [-0.2, -0.15) is 0 Å². The standard InChI is InChI=1S/C16H25NO/c1-12-7-14(3)15(8-13(12)2)9-17(4)10-16(11-18)5-6-16/h7-8,18H,5-6,9-11H2,1-4H3. The Kier molecular flexibility index (Phi) is 3.79. The van der Waals surface area contributed by atoms with Crippen LogP contribution in [0.5, 0.6) is 0 Å². The molecule has 0 bridgehead atoms. The fourth-order valence-corrected chi connectivity index (χ4v) is 2.65. The van der Waals surface area contributed by atoms with Crippen LogP contribution in [0.2, 0.25) is 0 Å². The second-order valence-electron chi connectivity index (χ2n) is 6.19. The Hall–Kier alpha value is -0.860. The molecule has 1 aliphatic carbocycles. The van der Waals surface area contributed by atoms with Crippen LogP contribution < -0.4 is 0 Å². The first-order valence-electron chi connectivity index (χ1n) is 6.82. The number of hydrogen-bond acceptors (Lipinski definition) is 2. The molecule has 0 radical (unpaired) electrons. The zero-order chi connectivity index (χ0) is 13.3. The minimum absolute atomic E-state index is 0.211. The molecule has 2 nitrogen and oxygen atoms in total. The van der Waals surface area contributed by atoms with Crippen molar-refractivity contribution < 1.29 is 5.11 Å². The van der Waals surface area contributed by atoms with Crippen LogP contribution in [-0.2, 0) is 6.54 Å². The molecule has 1 saturated carbocycles. The van der Waals surface area contributed by atoms with Gasteiger partial charge >= 0.3 is 0 Å². The Balaban J connectivity index is 2.03. The van der Waals surface area contributed by atoms with Gasteiger partial charge in [0.15, 0.2) is 0 Å². The third-order valence-electron chi connectivity index (χ3n) is 4.29. The summed E-state index contributed by atoms with van der Waals surface area (Å²) in [5.41, 5.74) is 5.73. The van der Waals surface area contributed by atoms with Crippen molar-refractivity contribution in [3.63, 3.8) is 0 Å². The van der Waals surface area contributed by atoms with Gasteiger partial charge in [0.25, 0.3) is 0 Å². The lowest BCUT2D eigenvalue weighted by Gasteiger charge is -2.23. The number of rotatable bonds is 5. The van der Waals surface area contributed by atoms with Crippen LogP contribution in [0.25, 0.3) is 0 Å². The first-order chi connectivity index (χ1) is 8.46. The van der Waals surface area contributed by atoms with E-state index < -0.39 is 0 Å². The number of hydrogen-bond donors (Lipinski definition) is 1. The lowest BCUT2D eigenvalue weighted by molar-refractivity contribution is 0.161. The number of aliphatic hydroxyl groups is 1. The zero-order valence-electron chi connectivity index (χ0n) is 12.1. The highest BCUT2D eigenvalue weighted by atomic mass is 16.3. The average molecular weight is 247 g/mol. The van der Waals surface area contributed by atoms with Crippen molar-refractivity contribution in [2.24, 2.45) is 5.41 Å². The Morgan fingerprint density at radius 3 is 2.28 bits per heavy atom. The number of nitrogens with zero attached hydrogens (tertiary/aromatic N) is 1. The van der Waals surface area contributed by atoms with E-state index in [1.807, 2.05) is 0 Å². The second kappa shape index (κ2) is 5.02. The molecule has 1 aromatic rings. The quantitative estimate of drug-likeness (QED) is 0.865. The maximum absolute atomic E-state index is 9.38. The van der Waals surface area contributed by atoms with Gasteiger partial charge in [0.1, 0.15) is 0 Å². The van der Waals surface area contributed by atoms with Gasteiger partial charge in [-0.3, -0.25) is 0 Å². The molecule has 18 heavy (non-hydrogen) atoms. The van der Waals surface area contributed by atoms with Crippen LogP contribution in [0.15, 0.2) is 12.1 Å². The zero-order valence-corrected chi connectivity index (χ0v) is 12.1. The fraction of sp³-hybridized carbons (Fsp3) is 0.625. The van der Waals surface area contributed by atoms with Crippen molar-refractivity contribution in [3.8, 4) is 0 Å². The van der Waals surface area contributed by atoms with E-state index in [1.165, 1.54) is 35.1 Å². The summed E-state index contributed by atoms with van der Waals surface area (Å²) < 4.78 is 0. The molecular formula is C16H25NO. The number of benzene rings is 1. The monoisotopic (exact) mass is 247 g/mol. The Morgan fingerprint density at radius 1 is 1.11 bits per heavy atom. The summed E-state index contributed by atoms with van der Waals surface area (Å²) in [5, 5.41) is 9.38. The molecule has 1 fully saturated rings. The second-order valence-corrected chi connectivity index (χ2v) is 6.19. The maximum Gasteiger partial charge on any atom is 0.0499 e. The van der Waals surface area contributed by atoms with Crippen molar-refractivity contribution >= 4 is 0 Å². The molecule has 0 unspecified atom stereocenters. The normalized spacial score (nSPS) is 17.2. The summed E-state index contributed by atoms with van der Waals surface area (Å²) in [6.07, 6.45) is 2.36. The van der Waals surface area contributed by atoms with Gasteiger partial charge in [-0.05, 0) is 62.9 Å². The van der Waals surface area contributed by atoms with E-state index in [4.69, 9.17) is 0 Å². The fourth-order valence-electron chi connectivity index (χ4n) is 2.65.